The lowest BCUT2D eigenvalue weighted by molar-refractivity contribution is 0.102. The Labute approximate surface area is 172 Å². The van der Waals surface area contributed by atoms with Crippen molar-refractivity contribution in [3.8, 4) is 0 Å². The average Bonchev–Trinajstić information content (AvgIpc) is 2.67. The number of aromatic nitrogens is 1. The molecule has 0 amide bonds. The van der Waals surface area contributed by atoms with Gasteiger partial charge >= 0.3 is 0 Å². The number of carbonyl (C=O) groups is 1. The zero-order chi connectivity index (χ0) is 19.0. The van der Waals surface area contributed by atoms with Crippen molar-refractivity contribution in [3.05, 3.63) is 69.1 Å². The number of rotatable bonds is 3. The Kier molecular flexibility index (Phi) is 5.39. The van der Waals surface area contributed by atoms with Crippen molar-refractivity contribution in [2.24, 2.45) is 5.92 Å². The molecule has 0 spiro atoms. The number of Topliss-reactive ketones (excluding diaryl/α,β-unsaturated/α-hetero) is 1. The van der Waals surface area contributed by atoms with Crippen molar-refractivity contribution in [3.63, 3.8) is 0 Å². The largest absolute Gasteiger partial charge is 0.356 e. The number of hydrogen-bond donors (Lipinski definition) is 0. The summed E-state index contributed by atoms with van der Waals surface area (Å²) in [5.41, 5.74) is 1.84. The summed E-state index contributed by atoms with van der Waals surface area (Å²) in [4.78, 5) is 26.7. The van der Waals surface area contributed by atoms with Gasteiger partial charge in [-0.15, -0.1) is 0 Å². The molecule has 1 aromatic heterocycles. The summed E-state index contributed by atoms with van der Waals surface area (Å²) < 4.78 is 2.68. The summed E-state index contributed by atoms with van der Waals surface area (Å²) in [7, 11) is 0. The molecule has 2 aliphatic heterocycles. The summed E-state index contributed by atoms with van der Waals surface area (Å²) in [5, 5.41) is 0.619. The predicted octanol–water partition coefficient (Wildman–Crippen LogP) is 3.82. The van der Waals surface area contributed by atoms with Crippen LogP contribution in [0, 0.1) is 5.92 Å². The highest BCUT2D eigenvalue weighted by atomic mass is 35.5. The fourth-order valence-electron chi connectivity index (χ4n) is 3.98. The molecule has 7 heteroatoms. The number of carbonyl (C=O) groups excluding carboxylic acids is 1. The van der Waals surface area contributed by atoms with E-state index in [1.807, 2.05) is 16.7 Å². The molecule has 0 N–H and O–H groups in total. The Morgan fingerprint density at radius 3 is 2.70 bits per heavy atom. The van der Waals surface area contributed by atoms with E-state index in [1.54, 1.807) is 30.3 Å². The summed E-state index contributed by atoms with van der Waals surface area (Å²) >= 11 is 12.9. The van der Waals surface area contributed by atoms with Crippen molar-refractivity contribution in [1.29, 1.82) is 0 Å². The van der Waals surface area contributed by atoms with Crippen LogP contribution in [0.3, 0.4) is 0 Å². The average molecular weight is 419 g/mol. The lowest BCUT2D eigenvalue weighted by atomic mass is 9.83. The minimum absolute atomic E-state index is 0.0492. The highest BCUT2D eigenvalue weighted by Gasteiger charge is 2.35. The summed E-state index contributed by atoms with van der Waals surface area (Å²) in [5.74, 6) is 1.11. The first-order valence-corrected chi connectivity index (χ1v) is 10.7. The van der Waals surface area contributed by atoms with Crippen LogP contribution in [-0.4, -0.2) is 38.4 Å². The van der Waals surface area contributed by atoms with Crippen LogP contribution in [0.4, 0.5) is 0 Å². The van der Waals surface area contributed by atoms with Crippen LogP contribution in [0.5, 0.6) is 0 Å². The topological polar surface area (TPSA) is 42.3 Å². The first-order valence-electron chi connectivity index (χ1n) is 8.91. The van der Waals surface area contributed by atoms with E-state index >= 15 is 0 Å². The van der Waals surface area contributed by atoms with Gasteiger partial charge in [-0.05, 0) is 42.7 Å². The van der Waals surface area contributed by atoms with Crippen molar-refractivity contribution in [1.82, 2.24) is 9.47 Å². The third-order valence-corrected chi connectivity index (χ3v) is 7.01. The molecular formula is C20H19ClN2O2S2. The van der Waals surface area contributed by atoms with Crippen molar-refractivity contribution in [2.45, 2.75) is 18.9 Å². The van der Waals surface area contributed by atoms with Crippen molar-refractivity contribution in [2.75, 3.05) is 18.8 Å². The number of hydrogen-bond acceptors (Lipinski definition) is 4. The zero-order valence-corrected chi connectivity index (χ0v) is 17.0. The van der Waals surface area contributed by atoms with E-state index in [0.29, 0.717) is 28.2 Å². The standard InChI is InChI=1S/C20H19ClN2O2S2/c21-16-6-4-14(5-7-16)18(24)12-27-20(26)22-9-13-8-15(11-22)17-2-1-3-19(25)23(17)10-13/h1-7,13,15H,8-12H2/t13-,15-/m0/s1. The van der Waals surface area contributed by atoms with Gasteiger partial charge in [-0.1, -0.05) is 41.6 Å². The Bertz CT molecular complexity index is 942. The lowest BCUT2D eigenvalue weighted by Gasteiger charge is -2.43. The molecule has 1 fully saturated rings. The number of likely N-dealkylation sites (tertiary alicyclic amines) is 1. The van der Waals surface area contributed by atoms with Gasteiger partial charge in [0.1, 0.15) is 4.32 Å². The van der Waals surface area contributed by atoms with E-state index < -0.39 is 0 Å². The van der Waals surface area contributed by atoms with Crippen LogP contribution >= 0.6 is 35.6 Å². The second-order valence-electron chi connectivity index (χ2n) is 7.09. The normalized spacial score (nSPS) is 20.9. The first kappa shape index (κ1) is 18.7. The molecule has 2 aromatic rings. The third kappa shape index (κ3) is 3.98. The zero-order valence-electron chi connectivity index (χ0n) is 14.6. The molecule has 0 radical (unpaired) electrons. The number of piperidine rings is 1. The number of nitrogens with zero attached hydrogens (tertiary/aromatic N) is 2. The number of halogens is 1. The Morgan fingerprint density at radius 2 is 1.93 bits per heavy atom. The highest BCUT2D eigenvalue weighted by Crippen LogP contribution is 2.36. The maximum absolute atomic E-state index is 12.4. The maximum Gasteiger partial charge on any atom is 0.250 e. The van der Waals surface area contributed by atoms with E-state index in [4.69, 9.17) is 23.8 Å². The number of ketones is 1. The van der Waals surface area contributed by atoms with Gasteiger partial charge in [0.25, 0.3) is 5.56 Å². The summed E-state index contributed by atoms with van der Waals surface area (Å²) in [6.45, 7) is 2.40. The van der Waals surface area contributed by atoms with E-state index in [2.05, 4.69) is 4.90 Å². The number of thioether (sulfide) groups is 1. The SMILES string of the molecule is O=C(CSC(=S)N1C[C@@H]2C[C@@H](C1)c1cccc(=O)n1C2)c1ccc(Cl)cc1. The monoisotopic (exact) mass is 418 g/mol. The van der Waals surface area contributed by atoms with Crippen LogP contribution in [0.1, 0.15) is 28.4 Å². The smallest absolute Gasteiger partial charge is 0.250 e. The van der Waals surface area contributed by atoms with Gasteiger partial charge in [0.2, 0.25) is 0 Å². The molecule has 2 atom stereocenters. The molecule has 0 aliphatic carbocycles. The number of fused-ring (bicyclic) bond motifs is 4. The lowest BCUT2D eigenvalue weighted by Crippen LogP contribution is -2.48. The summed E-state index contributed by atoms with van der Waals surface area (Å²) in [6.07, 6.45) is 1.09. The summed E-state index contributed by atoms with van der Waals surface area (Å²) in [6, 6.07) is 12.5. The fourth-order valence-corrected chi connectivity index (χ4v) is 5.19. The Balaban J connectivity index is 1.40. The molecule has 0 saturated carbocycles. The van der Waals surface area contributed by atoms with Gasteiger partial charge in [-0.2, -0.15) is 0 Å². The Hall–Kier alpha value is -1.63. The minimum Gasteiger partial charge on any atom is -0.356 e. The van der Waals surface area contributed by atoms with E-state index in [1.165, 1.54) is 11.8 Å². The van der Waals surface area contributed by atoms with Crippen LogP contribution in [0.25, 0.3) is 0 Å². The predicted molar refractivity (Wildman–Crippen MR) is 114 cm³/mol. The van der Waals surface area contributed by atoms with E-state index in [9.17, 15) is 9.59 Å². The van der Waals surface area contributed by atoms with Gasteiger partial charge in [0.05, 0.1) is 5.75 Å². The van der Waals surface area contributed by atoms with E-state index in [-0.39, 0.29) is 11.3 Å². The highest BCUT2D eigenvalue weighted by molar-refractivity contribution is 8.23. The second kappa shape index (κ2) is 7.78. The molecule has 4 rings (SSSR count). The molecule has 4 nitrogen and oxygen atoms in total. The second-order valence-corrected chi connectivity index (χ2v) is 9.13. The quantitative estimate of drug-likeness (QED) is 0.560. The van der Waals surface area contributed by atoms with Gasteiger partial charge in [0.15, 0.2) is 5.78 Å². The molecule has 2 aliphatic rings. The van der Waals surface area contributed by atoms with Crippen LogP contribution in [0.15, 0.2) is 47.3 Å². The third-order valence-electron chi connectivity index (χ3n) is 5.23. The molecule has 2 bridgehead atoms. The van der Waals surface area contributed by atoms with E-state index in [0.717, 1.165) is 36.1 Å². The van der Waals surface area contributed by atoms with Gasteiger partial charge < -0.3 is 9.47 Å². The molecule has 0 unspecified atom stereocenters. The van der Waals surface area contributed by atoms with Gasteiger partial charge in [-0.25, -0.2) is 0 Å². The van der Waals surface area contributed by atoms with Gasteiger partial charge in [0, 0.05) is 47.9 Å². The molecular weight excluding hydrogens is 400 g/mol. The van der Waals surface area contributed by atoms with Crippen molar-refractivity contribution < 1.29 is 4.79 Å². The minimum atomic E-state index is 0.0492. The van der Waals surface area contributed by atoms with Crippen LogP contribution < -0.4 is 5.56 Å². The fraction of sp³-hybridized carbons (Fsp3) is 0.350. The molecule has 1 saturated heterocycles. The molecule has 140 valence electrons. The van der Waals surface area contributed by atoms with Crippen LogP contribution in [-0.2, 0) is 6.54 Å². The molecule has 3 heterocycles. The number of benzene rings is 1. The number of thiocarbonyl (C=S) groups is 1. The van der Waals surface area contributed by atoms with Crippen LogP contribution in [0.2, 0.25) is 5.02 Å². The first-order chi connectivity index (χ1) is 13.0. The molecule has 27 heavy (non-hydrogen) atoms. The molecule has 1 aromatic carbocycles. The van der Waals surface area contributed by atoms with Gasteiger partial charge in [-0.3, -0.25) is 9.59 Å². The Morgan fingerprint density at radius 1 is 1.15 bits per heavy atom. The maximum atomic E-state index is 12.4. The van der Waals surface area contributed by atoms with Crippen molar-refractivity contribution >= 4 is 45.7 Å². The number of pyridine rings is 1.